The number of amides is 2. The van der Waals surface area contributed by atoms with Crippen molar-refractivity contribution in [3.05, 3.63) is 35.4 Å². The first-order valence-electron chi connectivity index (χ1n) is 9.59. The highest BCUT2D eigenvalue weighted by molar-refractivity contribution is 5.95. The molecular weight excluding hydrogens is 330 g/mol. The highest BCUT2D eigenvalue weighted by Gasteiger charge is 2.43. The van der Waals surface area contributed by atoms with Crippen LogP contribution in [0.15, 0.2) is 24.3 Å². The minimum Gasteiger partial charge on any atom is -0.450 e. The number of aryl methyl sites for hydroxylation is 1. The summed E-state index contributed by atoms with van der Waals surface area (Å²) < 4.78 is 5.14. The molecule has 2 bridgehead atoms. The molecule has 0 unspecified atom stereocenters. The van der Waals surface area contributed by atoms with Gasteiger partial charge in [-0.2, -0.15) is 0 Å². The Balaban J connectivity index is 1.43. The number of fused-ring (bicyclic) bond motifs is 2. The molecule has 2 amide bonds. The molecule has 1 aromatic rings. The number of rotatable bonds is 6. The van der Waals surface area contributed by atoms with E-state index in [1.807, 2.05) is 43.0 Å². The molecule has 0 aromatic heterocycles. The molecule has 0 radical (unpaired) electrons. The van der Waals surface area contributed by atoms with Crippen LogP contribution < -0.4 is 10.6 Å². The van der Waals surface area contributed by atoms with Crippen LogP contribution >= 0.6 is 0 Å². The molecule has 26 heavy (non-hydrogen) atoms. The minimum absolute atomic E-state index is 0.0231. The maximum absolute atomic E-state index is 12.2. The van der Waals surface area contributed by atoms with Crippen LogP contribution in [0.5, 0.6) is 0 Å². The van der Waals surface area contributed by atoms with Crippen LogP contribution in [0.3, 0.4) is 0 Å². The van der Waals surface area contributed by atoms with E-state index >= 15 is 0 Å². The fourth-order valence-electron chi connectivity index (χ4n) is 4.26. The van der Waals surface area contributed by atoms with Crippen molar-refractivity contribution in [3.63, 3.8) is 0 Å². The quantitative estimate of drug-likeness (QED) is 0.764. The van der Waals surface area contributed by atoms with Crippen LogP contribution in [0.4, 0.5) is 4.79 Å². The van der Waals surface area contributed by atoms with Crippen LogP contribution in [-0.2, 0) is 4.74 Å². The lowest BCUT2D eigenvalue weighted by atomic mass is 9.92. The summed E-state index contributed by atoms with van der Waals surface area (Å²) in [6, 6.07) is 8.04. The summed E-state index contributed by atoms with van der Waals surface area (Å²) in [7, 11) is 0. The number of hydrogen-bond donors (Lipinski definition) is 2. The van der Waals surface area contributed by atoms with Crippen molar-refractivity contribution >= 4 is 12.0 Å². The Morgan fingerprint density at radius 1 is 1.15 bits per heavy atom. The first-order valence-corrected chi connectivity index (χ1v) is 9.59. The van der Waals surface area contributed by atoms with Gasteiger partial charge in [0, 0.05) is 37.8 Å². The van der Waals surface area contributed by atoms with Crippen LogP contribution in [-0.4, -0.2) is 55.7 Å². The van der Waals surface area contributed by atoms with Gasteiger partial charge in [0.25, 0.3) is 5.91 Å². The Morgan fingerprint density at radius 2 is 1.85 bits per heavy atom. The normalized spacial score (nSPS) is 24.4. The zero-order valence-corrected chi connectivity index (χ0v) is 15.7. The summed E-state index contributed by atoms with van der Waals surface area (Å²) in [5, 5.41) is 6.59. The molecule has 2 fully saturated rings. The highest BCUT2D eigenvalue weighted by Crippen LogP contribution is 2.37. The maximum atomic E-state index is 12.2. The first-order chi connectivity index (χ1) is 12.6. The summed E-state index contributed by atoms with van der Waals surface area (Å²) in [5.74, 6) is 0.931. The first kappa shape index (κ1) is 18.7. The Hall–Kier alpha value is -2.08. The Labute approximate surface area is 155 Å². The third-order valence-electron chi connectivity index (χ3n) is 5.54. The van der Waals surface area contributed by atoms with Crippen molar-refractivity contribution < 1.29 is 14.3 Å². The van der Waals surface area contributed by atoms with Gasteiger partial charge >= 0.3 is 6.09 Å². The zero-order chi connectivity index (χ0) is 18.5. The standard InChI is InChI=1S/C20H29N3O3/c1-3-26-20(25)23-12-15-8-9-16(13-23)18(15)21-10-11-22-19(24)17-7-5-4-6-14(17)2/h4-7,15-16,18,21H,3,8-13H2,1-2H3,(H,22,24)/t15-,16-/m0/s1. The Bertz CT molecular complexity index is 635. The number of carbonyl (C=O) groups is 2. The van der Waals surface area contributed by atoms with Crippen molar-refractivity contribution in [2.45, 2.75) is 32.7 Å². The van der Waals surface area contributed by atoms with Crippen LogP contribution in [0.25, 0.3) is 0 Å². The summed E-state index contributed by atoms with van der Waals surface area (Å²) in [5.41, 5.74) is 1.72. The maximum Gasteiger partial charge on any atom is 0.409 e. The molecule has 6 nitrogen and oxygen atoms in total. The van der Waals surface area contributed by atoms with E-state index in [0.29, 0.717) is 31.0 Å². The lowest BCUT2D eigenvalue weighted by Gasteiger charge is -2.37. The number of hydrogen-bond acceptors (Lipinski definition) is 4. The predicted octanol–water partition coefficient (Wildman–Crippen LogP) is 2.18. The molecule has 2 N–H and O–H groups in total. The molecule has 1 heterocycles. The number of carbonyl (C=O) groups excluding carboxylic acids is 2. The summed E-state index contributed by atoms with van der Waals surface area (Å²) in [6.45, 7) is 7.09. The minimum atomic E-state index is -0.187. The molecule has 1 saturated carbocycles. The van der Waals surface area contributed by atoms with Gasteiger partial charge in [-0.15, -0.1) is 0 Å². The molecule has 142 valence electrons. The van der Waals surface area contributed by atoms with E-state index in [-0.39, 0.29) is 12.0 Å². The number of likely N-dealkylation sites (tertiary alicyclic amines) is 1. The van der Waals surface area contributed by atoms with Crippen molar-refractivity contribution in [1.29, 1.82) is 0 Å². The second-order valence-corrected chi connectivity index (χ2v) is 7.25. The average Bonchev–Trinajstić information content (AvgIpc) is 2.86. The van der Waals surface area contributed by atoms with E-state index < -0.39 is 0 Å². The monoisotopic (exact) mass is 359 g/mol. The summed E-state index contributed by atoms with van der Waals surface area (Å²) in [4.78, 5) is 26.0. The number of benzene rings is 1. The van der Waals surface area contributed by atoms with Gasteiger partial charge in [-0.05, 0) is 50.2 Å². The molecule has 2 atom stereocenters. The number of nitrogens with one attached hydrogen (secondary N) is 2. The Morgan fingerprint density at radius 3 is 2.50 bits per heavy atom. The van der Waals surface area contributed by atoms with Gasteiger partial charge < -0.3 is 20.3 Å². The van der Waals surface area contributed by atoms with Crippen LogP contribution in [0.2, 0.25) is 0 Å². The predicted molar refractivity (Wildman–Crippen MR) is 100 cm³/mol. The van der Waals surface area contributed by atoms with E-state index in [9.17, 15) is 9.59 Å². The average molecular weight is 359 g/mol. The third kappa shape index (κ3) is 4.18. The van der Waals surface area contributed by atoms with Gasteiger partial charge in [0.2, 0.25) is 0 Å². The van der Waals surface area contributed by atoms with Crippen molar-refractivity contribution in [3.8, 4) is 0 Å². The van der Waals surface area contributed by atoms with Gasteiger partial charge in [0.1, 0.15) is 0 Å². The fourth-order valence-corrected chi connectivity index (χ4v) is 4.26. The second kappa shape index (κ2) is 8.54. The Kier molecular flexibility index (Phi) is 6.14. The number of nitrogens with zero attached hydrogens (tertiary/aromatic N) is 1. The molecule has 6 heteroatoms. The smallest absolute Gasteiger partial charge is 0.409 e. The van der Waals surface area contributed by atoms with Gasteiger partial charge in [0.15, 0.2) is 0 Å². The lowest BCUT2D eigenvalue weighted by Crippen LogP contribution is -2.53. The fraction of sp³-hybridized carbons (Fsp3) is 0.600. The van der Waals surface area contributed by atoms with E-state index in [4.69, 9.17) is 4.74 Å². The van der Waals surface area contributed by atoms with Crippen LogP contribution in [0, 0.1) is 18.8 Å². The molecule has 1 saturated heterocycles. The van der Waals surface area contributed by atoms with Gasteiger partial charge in [0.05, 0.1) is 6.61 Å². The molecular formula is C20H29N3O3. The number of ether oxygens (including phenoxy) is 1. The molecule has 1 aliphatic carbocycles. The largest absolute Gasteiger partial charge is 0.450 e. The SMILES string of the molecule is CCOC(=O)N1C[C@@H]2CC[C@@H](C1)C2NCCNC(=O)c1ccccc1C. The van der Waals surface area contributed by atoms with E-state index in [2.05, 4.69) is 10.6 Å². The van der Waals surface area contributed by atoms with Crippen molar-refractivity contribution in [2.75, 3.05) is 32.8 Å². The topological polar surface area (TPSA) is 70.7 Å². The molecule has 1 aromatic carbocycles. The molecule has 1 aliphatic heterocycles. The van der Waals surface area contributed by atoms with Crippen LogP contribution in [0.1, 0.15) is 35.7 Å². The van der Waals surface area contributed by atoms with Gasteiger partial charge in [-0.1, -0.05) is 18.2 Å². The number of piperidine rings is 1. The summed E-state index contributed by atoms with van der Waals surface area (Å²) in [6.07, 6.45) is 2.11. The lowest BCUT2D eigenvalue weighted by molar-refractivity contribution is 0.0752. The second-order valence-electron chi connectivity index (χ2n) is 7.25. The van der Waals surface area contributed by atoms with Gasteiger partial charge in [-0.3, -0.25) is 4.79 Å². The van der Waals surface area contributed by atoms with E-state index in [1.165, 1.54) is 0 Å². The van der Waals surface area contributed by atoms with E-state index in [1.54, 1.807) is 0 Å². The highest BCUT2D eigenvalue weighted by atomic mass is 16.6. The van der Waals surface area contributed by atoms with Crippen molar-refractivity contribution in [2.24, 2.45) is 11.8 Å². The van der Waals surface area contributed by atoms with E-state index in [0.717, 1.165) is 43.6 Å². The zero-order valence-electron chi connectivity index (χ0n) is 15.7. The molecule has 3 rings (SSSR count). The van der Waals surface area contributed by atoms with Crippen molar-refractivity contribution in [1.82, 2.24) is 15.5 Å². The molecule has 2 aliphatic rings. The van der Waals surface area contributed by atoms with Gasteiger partial charge in [-0.25, -0.2) is 4.79 Å². The summed E-state index contributed by atoms with van der Waals surface area (Å²) >= 11 is 0. The third-order valence-corrected chi connectivity index (χ3v) is 5.54. The molecule has 0 spiro atoms.